The first-order valence-electron chi connectivity index (χ1n) is 4.97. The van der Waals surface area contributed by atoms with Gasteiger partial charge in [-0.05, 0) is 44.5 Å². The van der Waals surface area contributed by atoms with Crippen LogP contribution in [-0.2, 0) is 5.54 Å². The van der Waals surface area contributed by atoms with Gasteiger partial charge in [-0.2, -0.15) is 0 Å². The number of benzene rings is 1. The van der Waals surface area contributed by atoms with Gasteiger partial charge < -0.3 is 10.7 Å². The lowest BCUT2D eigenvalue weighted by molar-refractivity contribution is 0.536. The van der Waals surface area contributed by atoms with Gasteiger partial charge in [-0.1, -0.05) is 15.9 Å². The molecular weight excluding hydrogens is 252 g/mol. The quantitative estimate of drug-likeness (QED) is 0.816. The van der Waals surface area contributed by atoms with Crippen LogP contribution in [0.4, 0.5) is 0 Å². The number of aryl methyl sites for hydroxylation is 1. The van der Waals surface area contributed by atoms with Gasteiger partial charge in [0.15, 0.2) is 0 Å². The van der Waals surface area contributed by atoms with Crippen molar-refractivity contribution in [2.24, 2.45) is 5.73 Å². The monoisotopic (exact) mass is 266 g/mol. The first-order valence-corrected chi connectivity index (χ1v) is 5.76. The molecule has 0 unspecified atom stereocenters. The normalized spacial score (nSPS) is 12.3. The molecule has 0 radical (unpaired) electrons. The van der Waals surface area contributed by atoms with Crippen LogP contribution in [-0.4, -0.2) is 4.98 Å². The summed E-state index contributed by atoms with van der Waals surface area (Å²) in [7, 11) is 0. The second-order valence-electron chi connectivity index (χ2n) is 4.54. The predicted octanol–water partition coefficient (Wildman–Crippen LogP) is 3.43. The molecule has 1 aromatic carbocycles. The van der Waals surface area contributed by atoms with Crippen LogP contribution in [0.1, 0.15) is 25.1 Å². The number of halogens is 1. The van der Waals surface area contributed by atoms with Crippen LogP contribution in [0.2, 0.25) is 0 Å². The minimum absolute atomic E-state index is 0.324. The molecule has 2 aromatic rings. The zero-order valence-electron chi connectivity index (χ0n) is 9.19. The van der Waals surface area contributed by atoms with Crippen LogP contribution >= 0.6 is 15.9 Å². The average molecular weight is 267 g/mol. The predicted molar refractivity (Wildman–Crippen MR) is 67.9 cm³/mol. The van der Waals surface area contributed by atoms with E-state index in [9.17, 15) is 0 Å². The molecule has 2 nitrogen and oxygen atoms in total. The third kappa shape index (κ3) is 1.82. The van der Waals surface area contributed by atoms with E-state index in [-0.39, 0.29) is 5.54 Å². The third-order valence-corrected chi connectivity index (χ3v) is 3.16. The smallest absolute Gasteiger partial charge is 0.0507 e. The Labute approximate surface area is 98.0 Å². The van der Waals surface area contributed by atoms with Gasteiger partial charge in [0.25, 0.3) is 0 Å². The molecule has 2 rings (SSSR count). The van der Waals surface area contributed by atoms with E-state index in [1.54, 1.807) is 0 Å². The summed E-state index contributed by atoms with van der Waals surface area (Å²) in [6.45, 7) is 6.13. The minimum atomic E-state index is -0.324. The summed E-state index contributed by atoms with van der Waals surface area (Å²) in [5, 5.41) is 1.23. The Morgan fingerprint density at radius 1 is 1.33 bits per heavy atom. The largest absolute Gasteiger partial charge is 0.357 e. The molecule has 15 heavy (non-hydrogen) atoms. The summed E-state index contributed by atoms with van der Waals surface area (Å²) < 4.78 is 1.10. The van der Waals surface area contributed by atoms with Gasteiger partial charge in [-0.25, -0.2) is 0 Å². The number of nitrogens with two attached hydrogens (primary N) is 1. The molecule has 0 spiro atoms. The highest BCUT2D eigenvalue weighted by Crippen LogP contribution is 2.29. The first kappa shape index (κ1) is 10.7. The van der Waals surface area contributed by atoms with Crippen LogP contribution in [0.3, 0.4) is 0 Å². The lowest BCUT2D eigenvalue weighted by atomic mass is 9.98. The van der Waals surface area contributed by atoms with Crippen molar-refractivity contribution in [2.75, 3.05) is 0 Å². The molecule has 0 atom stereocenters. The lowest BCUT2D eigenvalue weighted by Gasteiger charge is -2.18. The summed E-state index contributed by atoms with van der Waals surface area (Å²) >= 11 is 3.48. The number of aromatic nitrogens is 1. The molecule has 1 aromatic heterocycles. The molecule has 0 fully saturated rings. The summed E-state index contributed by atoms with van der Waals surface area (Å²) in [6.07, 6.45) is 0. The number of fused-ring (bicyclic) bond motifs is 1. The highest BCUT2D eigenvalue weighted by molar-refractivity contribution is 9.10. The number of H-pyrrole nitrogens is 1. The Kier molecular flexibility index (Phi) is 2.40. The van der Waals surface area contributed by atoms with Gasteiger partial charge in [0.05, 0.1) is 5.54 Å². The lowest BCUT2D eigenvalue weighted by Crippen LogP contribution is -2.29. The summed E-state index contributed by atoms with van der Waals surface area (Å²) in [5.74, 6) is 0. The van der Waals surface area contributed by atoms with Crippen LogP contribution in [0.5, 0.6) is 0 Å². The van der Waals surface area contributed by atoms with Gasteiger partial charge in [0, 0.05) is 21.1 Å². The fourth-order valence-electron chi connectivity index (χ4n) is 1.94. The number of aromatic amines is 1. The Balaban J connectivity index is 2.76. The molecule has 80 valence electrons. The Bertz CT molecular complexity index is 506. The third-order valence-electron chi connectivity index (χ3n) is 2.66. The molecular formula is C12H15BrN2. The van der Waals surface area contributed by atoms with Gasteiger partial charge in [0.1, 0.15) is 0 Å². The molecule has 0 aliphatic carbocycles. The zero-order valence-corrected chi connectivity index (χ0v) is 10.8. The van der Waals surface area contributed by atoms with E-state index < -0.39 is 0 Å². The number of hydrogen-bond donors (Lipinski definition) is 2. The molecule has 0 amide bonds. The van der Waals surface area contributed by atoms with Gasteiger partial charge in [-0.15, -0.1) is 0 Å². The molecule has 3 N–H and O–H groups in total. The average Bonchev–Trinajstić information content (AvgIpc) is 2.43. The van der Waals surface area contributed by atoms with Crippen molar-refractivity contribution in [1.82, 2.24) is 4.98 Å². The van der Waals surface area contributed by atoms with Crippen LogP contribution in [0, 0.1) is 6.92 Å². The van der Waals surface area contributed by atoms with Crippen LogP contribution < -0.4 is 5.73 Å². The Hall–Kier alpha value is -0.800. The zero-order chi connectivity index (χ0) is 11.2. The molecule has 1 heterocycles. The Morgan fingerprint density at radius 3 is 2.60 bits per heavy atom. The fraction of sp³-hybridized carbons (Fsp3) is 0.333. The number of rotatable bonds is 1. The van der Waals surface area contributed by atoms with E-state index in [1.165, 1.54) is 10.9 Å². The van der Waals surface area contributed by atoms with Crippen molar-refractivity contribution >= 4 is 26.8 Å². The Morgan fingerprint density at radius 2 is 2.00 bits per heavy atom. The second-order valence-corrected chi connectivity index (χ2v) is 5.45. The molecule has 0 bridgehead atoms. The van der Waals surface area contributed by atoms with Crippen molar-refractivity contribution in [2.45, 2.75) is 26.3 Å². The fourth-order valence-corrected chi connectivity index (χ4v) is 2.30. The summed E-state index contributed by atoms with van der Waals surface area (Å²) in [5.41, 5.74) is 9.28. The van der Waals surface area contributed by atoms with Gasteiger partial charge >= 0.3 is 0 Å². The maximum atomic E-state index is 6.12. The van der Waals surface area contributed by atoms with Crippen LogP contribution in [0.25, 0.3) is 10.9 Å². The van der Waals surface area contributed by atoms with Gasteiger partial charge in [0.2, 0.25) is 0 Å². The van der Waals surface area contributed by atoms with Crippen molar-refractivity contribution < 1.29 is 0 Å². The van der Waals surface area contributed by atoms with Crippen molar-refractivity contribution in [3.63, 3.8) is 0 Å². The summed E-state index contributed by atoms with van der Waals surface area (Å²) in [6, 6.07) is 6.23. The van der Waals surface area contributed by atoms with Crippen molar-refractivity contribution in [1.29, 1.82) is 0 Å². The maximum Gasteiger partial charge on any atom is 0.0507 e. The topological polar surface area (TPSA) is 41.8 Å². The molecule has 0 aliphatic rings. The van der Waals surface area contributed by atoms with E-state index in [2.05, 4.69) is 40.0 Å². The SMILES string of the molecule is Cc1c(C(C)(C)N)[nH]c2ccc(Br)cc12. The maximum absolute atomic E-state index is 6.12. The van der Waals surface area contributed by atoms with Crippen molar-refractivity contribution in [3.8, 4) is 0 Å². The summed E-state index contributed by atoms with van der Waals surface area (Å²) in [4.78, 5) is 3.39. The van der Waals surface area contributed by atoms with E-state index in [1.807, 2.05) is 19.9 Å². The minimum Gasteiger partial charge on any atom is -0.357 e. The van der Waals surface area contributed by atoms with E-state index in [0.29, 0.717) is 0 Å². The highest BCUT2D eigenvalue weighted by Gasteiger charge is 2.20. The molecule has 0 saturated heterocycles. The second kappa shape index (κ2) is 3.35. The van der Waals surface area contributed by atoms with Gasteiger partial charge in [-0.3, -0.25) is 0 Å². The standard InChI is InChI=1S/C12H15BrN2/c1-7-9-6-8(13)4-5-10(9)15-11(7)12(2,3)14/h4-6,15H,14H2,1-3H3. The van der Waals surface area contributed by atoms with E-state index >= 15 is 0 Å². The molecule has 3 heteroatoms. The van der Waals surface area contributed by atoms with E-state index in [4.69, 9.17) is 5.73 Å². The van der Waals surface area contributed by atoms with Crippen LogP contribution in [0.15, 0.2) is 22.7 Å². The number of hydrogen-bond acceptors (Lipinski definition) is 1. The number of nitrogens with one attached hydrogen (secondary N) is 1. The van der Waals surface area contributed by atoms with E-state index in [0.717, 1.165) is 15.7 Å². The van der Waals surface area contributed by atoms with Crippen molar-refractivity contribution in [3.05, 3.63) is 33.9 Å². The molecule has 0 saturated carbocycles. The highest BCUT2D eigenvalue weighted by atomic mass is 79.9. The first-order chi connectivity index (χ1) is 6.89. The molecule has 0 aliphatic heterocycles.